The summed E-state index contributed by atoms with van der Waals surface area (Å²) in [6.07, 6.45) is 0.890. The number of anilines is 1. The number of amides is 1. The monoisotopic (exact) mass is 313 g/mol. The third-order valence-electron chi connectivity index (χ3n) is 3.20. The van der Waals surface area contributed by atoms with E-state index in [1.165, 1.54) is 12.1 Å². The van der Waals surface area contributed by atoms with Crippen LogP contribution < -0.4 is 10.1 Å². The molecule has 0 aromatic heterocycles. The fourth-order valence-corrected chi connectivity index (χ4v) is 2.08. The summed E-state index contributed by atoms with van der Waals surface area (Å²) in [4.78, 5) is 22.7. The van der Waals surface area contributed by atoms with E-state index in [0.29, 0.717) is 25.1 Å². The third kappa shape index (κ3) is 5.47. The molecule has 2 N–H and O–H groups in total. The van der Waals surface area contributed by atoms with Crippen LogP contribution in [0.15, 0.2) is 48.5 Å². The van der Waals surface area contributed by atoms with Gasteiger partial charge in [-0.15, -0.1) is 0 Å². The molecule has 23 heavy (non-hydrogen) atoms. The van der Waals surface area contributed by atoms with Crippen LogP contribution in [0.1, 0.15) is 28.8 Å². The van der Waals surface area contributed by atoms with Crippen LogP contribution >= 0.6 is 0 Å². The predicted octanol–water partition coefficient (Wildman–Crippen LogP) is 3.49. The Bertz CT molecular complexity index is 697. The van der Waals surface area contributed by atoms with Gasteiger partial charge in [-0.1, -0.05) is 18.2 Å². The van der Waals surface area contributed by atoms with Crippen molar-refractivity contribution in [1.29, 1.82) is 0 Å². The number of carboxylic acid groups (broad SMARTS) is 1. The number of benzene rings is 2. The van der Waals surface area contributed by atoms with Gasteiger partial charge in [-0.3, -0.25) is 4.79 Å². The van der Waals surface area contributed by atoms with E-state index in [4.69, 9.17) is 9.84 Å². The minimum atomic E-state index is -1.02. The fraction of sp³-hybridized carbons (Fsp3) is 0.222. The molecular weight excluding hydrogens is 294 g/mol. The van der Waals surface area contributed by atoms with Crippen molar-refractivity contribution in [1.82, 2.24) is 0 Å². The van der Waals surface area contributed by atoms with Crippen LogP contribution in [0.5, 0.6) is 5.75 Å². The number of carboxylic acids is 1. The predicted molar refractivity (Wildman–Crippen MR) is 87.9 cm³/mol. The standard InChI is InChI=1S/C18H19NO4/c1-13-5-2-8-16(11-13)23-10-4-9-17(20)19-15-7-3-6-14(12-15)18(21)22/h2-3,5-8,11-12H,4,9-10H2,1H3,(H,19,20)(H,21,22). The van der Waals surface area contributed by atoms with Gasteiger partial charge in [-0.2, -0.15) is 0 Å². The molecular formula is C18H19NO4. The maximum atomic E-state index is 11.8. The Labute approximate surface area is 134 Å². The zero-order chi connectivity index (χ0) is 16.7. The number of aromatic carboxylic acids is 1. The molecule has 5 heteroatoms. The Kier molecular flexibility index (Phi) is 5.74. The Hall–Kier alpha value is -2.82. The lowest BCUT2D eigenvalue weighted by Crippen LogP contribution is -2.13. The normalized spacial score (nSPS) is 10.1. The Morgan fingerprint density at radius 1 is 1.13 bits per heavy atom. The summed E-state index contributed by atoms with van der Waals surface area (Å²) < 4.78 is 5.58. The first-order valence-corrected chi connectivity index (χ1v) is 7.37. The molecule has 0 radical (unpaired) electrons. The quantitative estimate of drug-likeness (QED) is 0.767. The van der Waals surface area contributed by atoms with Gasteiger partial charge in [0.05, 0.1) is 12.2 Å². The van der Waals surface area contributed by atoms with E-state index >= 15 is 0 Å². The summed E-state index contributed by atoms with van der Waals surface area (Å²) in [5.74, 6) is -0.396. The van der Waals surface area contributed by atoms with Crippen LogP contribution in [0.2, 0.25) is 0 Å². The van der Waals surface area contributed by atoms with Gasteiger partial charge in [0.15, 0.2) is 0 Å². The van der Waals surface area contributed by atoms with Crippen LogP contribution in [0.25, 0.3) is 0 Å². The number of aryl methyl sites for hydroxylation is 1. The zero-order valence-electron chi connectivity index (χ0n) is 12.9. The summed E-state index contributed by atoms with van der Waals surface area (Å²) >= 11 is 0. The van der Waals surface area contributed by atoms with E-state index in [9.17, 15) is 9.59 Å². The molecule has 0 atom stereocenters. The summed E-state index contributed by atoms with van der Waals surface area (Å²) in [5.41, 5.74) is 1.75. The van der Waals surface area contributed by atoms with E-state index in [1.54, 1.807) is 12.1 Å². The number of hydrogen-bond donors (Lipinski definition) is 2. The lowest BCUT2D eigenvalue weighted by atomic mass is 10.2. The second-order valence-corrected chi connectivity index (χ2v) is 5.20. The SMILES string of the molecule is Cc1cccc(OCCCC(=O)Nc2cccc(C(=O)O)c2)c1. The molecule has 2 rings (SSSR count). The van der Waals surface area contributed by atoms with Gasteiger partial charge in [0.1, 0.15) is 5.75 Å². The molecule has 0 spiro atoms. The van der Waals surface area contributed by atoms with Gasteiger partial charge in [0, 0.05) is 12.1 Å². The van der Waals surface area contributed by atoms with Crippen LogP contribution in [0.4, 0.5) is 5.69 Å². The van der Waals surface area contributed by atoms with Crippen molar-refractivity contribution in [2.24, 2.45) is 0 Å². The van der Waals surface area contributed by atoms with Gasteiger partial charge < -0.3 is 15.2 Å². The van der Waals surface area contributed by atoms with Crippen molar-refractivity contribution in [3.63, 3.8) is 0 Å². The second kappa shape index (κ2) is 7.98. The Morgan fingerprint density at radius 3 is 2.65 bits per heavy atom. The van der Waals surface area contributed by atoms with Gasteiger partial charge >= 0.3 is 5.97 Å². The first-order chi connectivity index (χ1) is 11.0. The van der Waals surface area contributed by atoms with E-state index in [-0.39, 0.29) is 11.5 Å². The minimum Gasteiger partial charge on any atom is -0.494 e. The average Bonchev–Trinajstić information content (AvgIpc) is 2.52. The molecule has 1 amide bonds. The average molecular weight is 313 g/mol. The number of carbonyl (C=O) groups is 2. The highest BCUT2D eigenvalue weighted by atomic mass is 16.5. The third-order valence-corrected chi connectivity index (χ3v) is 3.20. The van der Waals surface area contributed by atoms with Gasteiger partial charge in [-0.25, -0.2) is 4.79 Å². The Morgan fingerprint density at radius 2 is 1.91 bits per heavy atom. The van der Waals surface area contributed by atoms with Crippen LogP contribution in [0.3, 0.4) is 0 Å². The Balaban J connectivity index is 1.75. The van der Waals surface area contributed by atoms with Gasteiger partial charge in [0.25, 0.3) is 0 Å². The number of ether oxygens (including phenoxy) is 1. The number of nitrogens with one attached hydrogen (secondary N) is 1. The second-order valence-electron chi connectivity index (χ2n) is 5.20. The molecule has 5 nitrogen and oxygen atoms in total. The number of hydrogen-bond acceptors (Lipinski definition) is 3. The van der Waals surface area contributed by atoms with Crippen molar-refractivity contribution in [3.8, 4) is 5.75 Å². The molecule has 120 valence electrons. The number of carbonyl (C=O) groups excluding carboxylic acids is 1. The van der Waals surface area contributed by atoms with E-state index in [2.05, 4.69) is 5.32 Å². The minimum absolute atomic E-state index is 0.144. The highest BCUT2D eigenvalue weighted by Crippen LogP contribution is 2.13. The van der Waals surface area contributed by atoms with Crippen molar-refractivity contribution >= 4 is 17.6 Å². The summed E-state index contributed by atoms with van der Waals surface area (Å²) in [6.45, 7) is 2.44. The molecule has 0 bridgehead atoms. The maximum absolute atomic E-state index is 11.8. The summed E-state index contributed by atoms with van der Waals surface area (Å²) in [5, 5.41) is 11.6. The number of rotatable bonds is 7. The fourth-order valence-electron chi connectivity index (χ4n) is 2.08. The molecule has 2 aromatic carbocycles. The van der Waals surface area contributed by atoms with Crippen molar-refractivity contribution in [2.75, 3.05) is 11.9 Å². The van der Waals surface area contributed by atoms with Crippen molar-refractivity contribution < 1.29 is 19.4 Å². The highest BCUT2D eigenvalue weighted by Gasteiger charge is 2.06. The van der Waals surface area contributed by atoms with Gasteiger partial charge in [-0.05, 0) is 49.2 Å². The summed E-state index contributed by atoms with van der Waals surface area (Å²) in [6, 6.07) is 13.9. The zero-order valence-corrected chi connectivity index (χ0v) is 12.9. The molecule has 0 unspecified atom stereocenters. The lowest BCUT2D eigenvalue weighted by Gasteiger charge is -2.08. The molecule has 0 saturated heterocycles. The van der Waals surface area contributed by atoms with Gasteiger partial charge in [0.2, 0.25) is 5.91 Å². The van der Waals surface area contributed by atoms with E-state index in [1.807, 2.05) is 31.2 Å². The highest BCUT2D eigenvalue weighted by molar-refractivity contribution is 5.93. The molecule has 2 aromatic rings. The molecule has 0 saturated carbocycles. The molecule has 0 fully saturated rings. The van der Waals surface area contributed by atoms with E-state index < -0.39 is 5.97 Å². The van der Waals surface area contributed by atoms with Crippen LogP contribution in [-0.4, -0.2) is 23.6 Å². The van der Waals surface area contributed by atoms with Crippen molar-refractivity contribution in [3.05, 3.63) is 59.7 Å². The molecule has 0 heterocycles. The van der Waals surface area contributed by atoms with E-state index in [0.717, 1.165) is 11.3 Å². The first kappa shape index (κ1) is 16.5. The van der Waals surface area contributed by atoms with Crippen LogP contribution in [-0.2, 0) is 4.79 Å². The largest absolute Gasteiger partial charge is 0.494 e. The smallest absolute Gasteiger partial charge is 0.335 e. The van der Waals surface area contributed by atoms with Crippen LogP contribution in [0, 0.1) is 6.92 Å². The van der Waals surface area contributed by atoms with Crippen molar-refractivity contribution in [2.45, 2.75) is 19.8 Å². The molecule has 0 aliphatic rings. The topological polar surface area (TPSA) is 75.6 Å². The molecule has 0 aliphatic carbocycles. The maximum Gasteiger partial charge on any atom is 0.335 e. The first-order valence-electron chi connectivity index (χ1n) is 7.37. The molecule has 0 aliphatic heterocycles. The summed E-state index contributed by atoms with van der Waals surface area (Å²) in [7, 11) is 0. The lowest BCUT2D eigenvalue weighted by molar-refractivity contribution is -0.116.